The summed E-state index contributed by atoms with van der Waals surface area (Å²) in [5.74, 6) is 0.828. The quantitative estimate of drug-likeness (QED) is 0.543. The van der Waals surface area contributed by atoms with Crippen LogP contribution in [0.3, 0.4) is 0 Å². The van der Waals surface area contributed by atoms with Crippen LogP contribution in [0.1, 0.15) is 12.8 Å². The van der Waals surface area contributed by atoms with Gasteiger partial charge in [0.15, 0.2) is 0 Å². The summed E-state index contributed by atoms with van der Waals surface area (Å²) in [4.78, 5) is 0. The molecule has 2 nitrogen and oxygen atoms in total. The second-order valence-electron chi connectivity index (χ2n) is 2.85. The van der Waals surface area contributed by atoms with Gasteiger partial charge in [-0.2, -0.15) is 5.26 Å². The topological polar surface area (TPSA) is 35.8 Å². The summed E-state index contributed by atoms with van der Waals surface area (Å²) in [7, 11) is 0. The molecule has 9 heavy (non-hydrogen) atoms. The first-order chi connectivity index (χ1) is 3.85. The van der Waals surface area contributed by atoms with E-state index in [1.165, 1.54) is 0 Å². The van der Waals surface area contributed by atoms with Crippen molar-refractivity contribution >= 4 is 12.4 Å². The lowest BCUT2D eigenvalue weighted by molar-refractivity contribution is 0.296. The van der Waals surface area contributed by atoms with Gasteiger partial charge in [0.25, 0.3) is 0 Å². The molecular weight excluding hydrogens is 136 g/mol. The van der Waals surface area contributed by atoms with E-state index in [0.29, 0.717) is 0 Å². The van der Waals surface area contributed by atoms with Gasteiger partial charge in [0.05, 0.1) is 6.07 Å². The normalized spacial score (nSPS) is 44.6. The van der Waals surface area contributed by atoms with Gasteiger partial charge < -0.3 is 0 Å². The van der Waals surface area contributed by atoms with E-state index in [1.807, 2.05) is 0 Å². The van der Waals surface area contributed by atoms with E-state index in [4.69, 9.17) is 5.26 Å². The standard InChI is InChI=1S/C6H8N2.ClH/c7-4-6-1-5(2-6)3-8-6;/h5,8H,1-3H2;1H. The highest BCUT2D eigenvalue weighted by Gasteiger charge is 2.50. The van der Waals surface area contributed by atoms with Crippen molar-refractivity contribution in [2.45, 2.75) is 18.4 Å². The molecule has 2 heterocycles. The second-order valence-corrected chi connectivity index (χ2v) is 2.85. The van der Waals surface area contributed by atoms with Crippen molar-refractivity contribution in [1.29, 1.82) is 5.26 Å². The van der Waals surface area contributed by atoms with Gasteiger partial charge in [0.1, 0.15) is 5.54 Å². The van der Waals surface area contributed by atoms with E-state index in [9.17, 15) is 0 Å². The fraction of sp³-hybridized carbons (Fsp3) is 0.833. The Morgan fingerprint density at radius 1 is 1.56 bits per heavy atom. The van der Waals surface area contributed by atoms with Crippen LogP contribution in [0.2, 0.25) is 0 Å². The first-order valence-corrected chi connectivity index (χ1v) is 3.01. The number of halogens is 1. The summed E-state index contributed by atoms with van der Waals surface area (Å²) >= 11 is 0. The van der Waals surface area contributed by atoms with Crippen molar-refractivity contribution in [1.82, 2.24) is 5.32 Å². The van der Waals surface area contributed by atoms with Crippen molar-refractivity contribution in [3.8, 4) is 6.07 Å². The summed E-state index contributed by atoms with van der Waals surface area (Å²) in [5.41, 5.74) is -0.0648. The van der Waals surface area contributed by atoms with E-state index in [0.717, 1.165) is 25.3 Å². The molecule has 1 N–H and O–H groups in total. The molecule has 0 aromatic rings. The molecule has 2 saturated heterocycles. The van der Waals surface area contributed by atoms with Gasteiger partial charge in [0, 0.05) is 0 Å². The fourth-order valence-corrected chi connectivity index (χ4v) is 1.69. The second kappa shape index (κ2) is 1.86. The minimum Gasteiger partial charge on any atom is -0.299 e. The Morgan fingerprint density at radius 3 is 2.44 bits per heavy atom. The minimum absolute atomic E-state index is 0. The highest BCUT2D eigenvalue weighted by Crippen LogP contribution is 2.42. The molecule has 2 bridgehead atoms. The number of hydrogen-bond donors (Lipinski definition) is 1. The van der Waals surface area contributed by atoms with Crippen LogP contribution in [-0.2, 0) is 0 Å². The number of nitriles is 1. The van der Waals surface area contributed by atoms with E-state index < -0.39 is 0 Å². The predicted molar refractivity (Wildman–Crippen MR) is 36.3 cm³/mol. The molecule has 1 aliphatic carbocycles. The zero-order chi connectivity index (χ0) is 5.61. The molecule has 3 rings (SSSR count). The number of rotatable bonds is 0. The summed E-state index contributed by atoms with van der Waals surface area (Å²) in [6, 6.07) is 2.30. The number of fused-ring (bicyclic) bond motifs is 1. The zero-order valence-electron chi connectivity index (χ0n) is 5.05. The largest absolute Gasteiger partial charge is 0.299 e. The first-order valence-electron chi connectivity index (χ1n) is 3.01. The van der Waals surface area contributed by atoms with Gasteiger partial charge in [-0.15, -0.1) is 12.4 Å². The highest BCUT2D eigenvalue weighted by atomic mass is 35.5. The molecule has 0 unspecified atom stereocenters. The predicted octanol–water partition coefficient (Wildman–Crippen LogP) is 0.684. The van der Waals surface area contributed by atoms with Crippen molar-refractivity contribution in [3.63, 3.8) is 0 Å². The van der Waals surface area contributed by atoms with Crippen LogP contribution in [0.5, 0.6) is 0 Å². The summed E-state index contributed by atoms with van der Waals surface area (Å²) in [6.07, 6.45) is 2.20. The maximum Gasteiger partial charge on any atom is 0.107 e. The summed E-state index contributed by atoms with van der Waals surface area (Å²) < 4.78 is 0. The van der Waals surface area contributed by atoms with Crippen molar-refractivity contribution in [3.05, 3.63) is 0 Å². The highest BCUT2D eigenvalue weighted by molar-refractivity contribution is 5.85. The first kappa shape index (κ1) is 6.85. The third kappa shape index (κ3) is 0.726. The average Bonchev–Trinajstić information content (AvgIpc) is 2.17. The number of hydrogen-bond acceptors (Lipinski definition) is 2. The molecule has 1 saturated carbocycles. The van der Waals surface area contributed by atoms with Crippen molar-refractivity contribution in [2.75, 3.05) is 6.54 Å². The van der Waals surface area contributed by atoms with Crippen LogP contribution < -0.4 is 5.32 Å². The van der Waals surface area contributed by atoms with Crippen LogP contribution in [-0.4, -0.2) is 12.1 Å². The Bertz CT molecular complexity index is 149. The molecule has 3 heteroatoms. The lowest BCUT2D eigenvalue weighted by Crippen LogP contribution is -2.41. The van der Waals surface area contributed by atoms with Crippen LogP contribution in [0.25, 0.3) is 0 Å². The van der Waals surface area contributed by atoms with Gasteiger partial charge in [-0.25, -0.2) is 0 Å². The van der Waals surface area contributed by atoms with E-state index >= 15 is 0 Å². The molecule has 50 valence electrons. The molecule has 3 aliphatic rings. The van der Waals surface area contributed by atoms with Gasteiger partial charge in [-0.3, -0.25) is 5.32 Å². The molecule has 0 aromatic carbocycles. The van der Waals surface area contributed by atoms with Gasteiger partial charge >= 0.3 is 0 Å². The molecule has 0 aromatic heterocycles. The molecule has 3 fully saturated rings. The third-order valence-corrected chi connectivity index (χ3v) is 2.22. The van der Waals surface area contributed by atoms with Gasteiger partial charge in [-0.1, -0.05) is 0 Å². The maximum absolute atomic E-state index is 8.55. The lowest BCUT2D eigenvalue weighted by Gasteiger charge is -2.29. The smallest absolute Gasteiger partial charge is 0.107 e. The van der Waals surface area contributed by atoms with Gasteiger partial charge in [-0.05, 0) is 25.3 Å². The van der Waals surface area contributed by atoms with Crippen LogP contribution in [0.4, 0.5) is 0 Å². The van der Waals surface area contributed by atoms with E-state index in [-0.39, 0.29) is 17.9 Å². The maximum atomic E-state index is 8.55. The SMILES string of the molecule is Cl.N#CC12CC(CN1)C2. The molecule has 0 atom stereocenters. The Balaban J connectivity index is 0.000000405. The average molecular weight is 145 g/mol. The van der Waals surface area contributed by atoms with Crippen LogP contribution in [0, 0.1) is 17.2 Å². The summed E-state index contributed by atoms with van der Waals surface area (Å²) in [5, 5.41) is 11.7. The summed E-state index contributed by atoms with van der Waals surface area (Å²) in [6.45, 7) is 1.08. The Hall–Kier alpha value is -0.260. The molecule has 0 spiro atoms. The number of nitrogens with zero attached hydrogens (tertiary/aromatic N) is 1. The van der Waals surface area contributed by atoms with Gasteiger partial charge in [0.2, 0.25) is 0 Å². The van der Waals surface area contributed by atoms with Crippen molar-refractivity contribution in [2.24, 2.45) is 5.92 Å². The zero-order valence-corrected chi connectivity index (χ0v) is 5.87. The Kier molecular flexibility index (Phi) is 1.42. The molecule has 2 aliphatic heterocycles. The minimum atomic E-state index is -0.0648. The molecule has 0 amide bonds. The van der Waals surface area contributed by atoms with E-state index in [1.54, 1.807) is 0 Å². The molecule has 0 radical (unpaired) electrons. The van der Waals surface area contributed by atoms with E-state index in [2.05, 4.69) is 11.4 Å². The van der Waals surface area contributed by atoms with Crippen LogP contribution in [0.15, 0.2) is 0 Å². The number of nitrogens with one attached hydrogen (secondary N) is 1. The third-order valence-electron chi connectivity index (χ3n) is 2.22. The monoisotopic (exact) mass is 144 g/mol. The Morgan fingerprint density at radius 2 is 2.22 bits per heavy atom. The van der Waals surface area contributed by atoms with Crippen molar-refractivity contribution < 1.29 is 0 Å². The fourth-order valence-electron chi connectivity index (χ4n) is 1.69. The molecular formula is C6H9ClN2. The lowest BCUT2D eigenvalue weighted by atomic mass is 9.75. The van der Waals surface area contributed by atoms with Crippen LogP contribution >= 0.6 is 12.4 Å². The Labute approximate surface area is 60.6 Å².